The van der Waals surface area contributed by atoms with E-state index in [0.29, 0.717) is 81.8 Å². The number of piperidine rings is 1. The molecule has 8 nitrogen and oxygen atoms in total. The molecule has 0 bridgehead atoms. The fraction of sp³-hybridized carbons (Fsp3) is 0.538. The number of likely N-dealkylation sites (tertiary alicyclic amines) is 1. The van der Waals surface area contributed by atoms with Crippen LogP contribution in [0.15, 0.2) is 29.1 Å². The highest BCUT2D eigenvalue weighted by Crippen LogP contribution is 2.25. The van der Waals surface area contributed by atoms with Crippen LogP contribution in [0.3, 0.4) is 0 Å². The van der Waals surface area contributed by atoms with Crippen molar-refractivity contribution in [2.45, 2.75) is 64.6 Å². The Balaban J connectivity index is 1.24. The fourth-order valence-corrected chi connectivity index (χ4v) is 4.65. The number of aliphatic hydroxyl groups is 1. The minimum absolute atomic E-state index is 0.0779. The van der Waals surface area contributed by atoms with E-state index in [4.69, 9.17) is 4.74 Å². The highest BCUT2D eigenvalue weighted by molar-refractivity contribution is 5.98. The van der Waals surface area contributed by atoms with E-state index in [2.05, 4.69) is 9.97 Å². The monoisotopic (exact) mass is 467 g/mol. The van der Waals surface area contributed by atoms with Crippen LogP contribution in [0.2, 0.25) is 0 Å². The number of carbonyl (C=O) groups is 2. The maximum atomic E-state index is 12.9. The van der Waals surface area contributed by atoms with Crippen LogP contribution in [-0.2, 0) is 34.6 Å². The van der Waals surface area contributed by atoms with Gasteiger partial charge < -0.3 is 19.7 Å². The second-order valence-corrected chi connectivity index (χ2v) is 9.75. The second kappa shape index (κ2) is 10.2. The van der Waals surface area contributed by atoms with Crippen molar-refractivity contribution in [1.82, 2.24) is 14.9 Å². The second-order valence-electron chi connectivity index (χ2n) is 9.75. The Hall–Kier alpha value is -2.84. The van der Waals surface area contributed by atoms with Gasteiger partial charge in [0.05, 0.1) is 30.1 Å². The van der Waals surface area contributed by atoms with Crippen LogP contribution in [0, 0.1) is 5.92 Å². The number of amides is 1. The first-order chi connectivity index (χ1) is 16.2. The molecule has 8 heteroatoms. The van der Waals surface area contributed by atoms with Crippen LogP contribution in [0.5, 0.6) is 0 Å². The first kappa shape index (κ1) is 24.3. The molecule has 34 heavy (non-hydrogen) atoms. The largest absolute Gasteiger partial charge is 0.386 e. The third kappa shape index (κ3) is 5.62. The summed E-state index contributed by atoms with van der Waals surface area (Å²) in [6.45, 7) is 5.46. The van der Waals surface area contributed by atoms with Crippen molar-refractivity contribution in [3.63, 3.8) is 0 Å². The summed E-state index contributed by atoms with van der Waals surface area (Å²) in [5, 5.41) is 10.1. The van der Waals surface area contributed by atoms with Crippen LogP contribution in [0.4, 0.5) is 0 Å². The zero-order valence-electron chi connectivity index (χ0n) is 19.9. The number of hydrogen-bond donors (Lipinski definition) is 2. The molecule has 4 rings (SSSR count). The molecule has 2 N–H and O–H groups in total. The van der Waals surface area contributed by atoms with Gasteiger partial charge in [-0.25, -0.2) is 4.98 Å². The van der Waals surface area contributed by atoms with Crippen LogP contribution in [0.1, 0.15) is 72.5 Å². The van der Waals surface area contributed by atoms with Gasteiger partial charge in [0.1, 0.15) is 5.82 Å². The van der Waals surface area contributed by atoms with Gasteiger partial charge >= 0.3 is 0 Å². The highest BCUT2D eigenvalue weighted by Gasteiger charge is 2.28. The fourth-order valence-electron chi connectivity index (χ4n) is 4.65. The van der Waals surface area contributed by atoms with Gasteiger partial charge in [-0.15, -0.1) is 0 Å². The maximum absolute atomic E-state index is 12.9. The van der Waals surface area contributed by atoms with Crippen LogP contribution < -0.4 is 5.56 Å². The van der Waals surface area contributed by atoms with Crippen LogP contribution >= 0.6 is 0 Å². The van der Waals surface area contributed by atoms with E-state index in [9.17, 15) is 19.5 Å². The molecule has 0 radical (unpaired) electrons. The number of ketones is 1. The van der Waals surface area contributed by atoms with Crippen molar-refractivity contribution < 1.29 is 19.4 Å². The molecule has 2 aromatic rings. The van der Waals surface area contributed by atoms with Crippen molar-refractivity contribution in [2.75, 3.05) is 19.7 Å². The molecule has 0 atom stereocenters. The third-order valence-electron chi connectivity index (χ3n) is 6.78. The van der Waals surface area contributed by atoms with Gasteiger partial charge in [0.2, 0.25) is 5.91 Å². The van der Waals surface area contributed by atoms with E-state index in [1.165, 1.54) is 0 Å². The zero-order valence-corrected chi connectivity index (χ0v) is 19.9. The molecular formula is C26H33N3O5. The van der Waals surface area contributed by atoms with Gasteiger partial charge in [0.25, 0.3) is 5.56 Å². The van der Waals surface area contributed by atoms with E-state index in [1.54, 1.807) is 38.1 Å². The average molecular weight is 468 g/mol. The number of benzene rings is 1. The molecule has 3 heterocycles. The number of fused-ring (bicyclic) bond motifs is 1. The van der Waals surface area contributed by atoms with Crippen molar-refractivity contribution >= 4 is 11.7 Å². The summed E-state index contributed by atoms with van der Waals surface area (Å²) in [6, 6.07) is 7.15. The number of ether oxygens (including phenoxy) is 1. The highest BCUT2D eigenvalue weighted by atomic mass is 16.5. The minimum Gasteiger partial charge on any atom is -0.386 e. The van der Waals surface area contributed by atoms with Crippen molar-refractivity contribution in [2.24, 2.45) is 5.92 Å². The molecule has 2 aliphatic heterocycles. The van der Waals surface area contributed by atoms with Gasteiger partial charge in [-0.2, -0.15) is 0 Å². The number of nitrogens with zero attached hydrogens (tertiary/aromatic N) is 2. The number of carbonyl (C=O) groups excluding carboxylic acids is 2. The van der Waals surface area contributed by atoms with Crippen LogP contribution in [0.25, 0.3) is 0 Å². The number of hydrogen-bond acceptors (Lipinski definition) is 6. The summed E-state index contributed by atoms with van der Waals surface area (Å²) in [5.74, 6) is 0.709. The molecule has 0 unspecified atom stereocenters. The molecular weight excluding hydrogens is 434 g/mol. The quantitative estimate of drug-likeness (QED) is 0.605. The Labute approximate surface area is 199 Å². The van der Waals surface area contributed by atoms with Gasteiger partial charge in [-0.3, -0.25) is 14.4 Å². The van der Waals surface area contributed by atoms with Gasteiger partial charge in [0.15, 0.2) is 5.78 Å². The normalized spacial score (nSPS) is 16.9. The Morgan fingerprint density at radius 3 is 2.59 bits per heavy atom. The average Bonchev–Trinajstić information content (AvgIpc) is 2.83. The number of aromatic nitrogens is 2. The predicted molar refractivity (Wildman–Crippen MR) is 126 cm³/mol. The molecule has 1 amide bonds. The first-order valence-corrected chi connectivity index (χ1v) is 12.1. The molecule has 2 aliphatic rings. The SMILES string of the molecule is CC(C)(O)c1ccc(C(=O)C2CCN(C(=O)CCCc3nc4c(c(=O)[nH]3)COCC4)CC2)cc1. The molecule has 182 valence electrons. The summed E-state index contributed by atoms with van der Waals surface area (Å²) in [5.41, 5.74) is 1.75. The van der Waals surface area contributed by atoms with E-state index in [0.717, 1.165) is 11.3 Å². The van der Waals surface area contributed by atoms with E-state index in [1.807, 2.05) is 4.90 Å². The smallest absolute Gasteiger partial charge is 0.256 e. The standard InChI is InChI=1S/C26H33N3O5/c1-26(2,33)19-8-6-17(7-9-19)24(31)18-10-13-29(14-11-18)23(30)5-3-4-22-27-21-12-15-34-16-20(21)25(32)28-22/h6-9,18,33H,3-5,10-16H2,1-2H3,(H,27,28,32). The predicted octanol–water partition coefficient (Wildman–Crippen LogP) is 2.51. The lowest BCUT2D eigenvalue weighted by atomic mass is 9.87. The number of H-pyrrole nitrogens is 1. The Kier molecular flexibility index (Phi) is 7.28. The minimum atomic E-state index is -0.937. The Morgan fingerprint density at radius 1 is 1.21 bits per heavy atom. The lowest BCUT2D eigenvalue weighted by Crippen LogP contribution is -2.40. The topological polar surface area (TPSA) is 113 Å². The van der Waals surface area contributed by atoms with E-state index >= 15 is 0 Å². The first-order valence-electron chi connectivity index (χ1n) is 12.1. The molecule has 1 fully saturated rings. The van der Waals surface area contributed by atoms with Gasteiger partial charge in [-0.05, 0) is 38.7 Å². The summed E-state index contributed by atoms with van der Waals surface area (Å²) < 4.78 is 5.32. The molecule has 1 aromatic carbocycles. The Morgan fingerprint density at radius 2 is 1.91 bits per heavy atom. The van der Waals surface area contributed by atoms with E-state index in [-0.39, 0.29) is 23.2 Å². The number of Topliss-reactive ketones (excluding diaryl/α,β-unsaturated/α-hetero) is 1. The van der Waals surface area contributed by atoms with Gasteiger partial charge in [-0.1, -0.05) is 24.3 Å². The molecule has 0 aliphatic carbocycles. The van der Waals surface area contributed by atoms with Crippen molar-refractivity contribution in [3.8, 4) is 0 Å². The summed E-state index contributed by atoms with van der Waals surface area (Å²) in [4.78, 5) is 46.9. The number of aryl methyl sites for hydroxylation is 1. The molecule has 0 saturated carbocycles. The number of nitrogens with one attached hydrogen (secondary N) is 1. The van der Waals surface area contributed by atoms with Crippen molar-refractivity contribution in [3.05, 3.63) is 62.8 Å². The maximum Gasteiger partial charge on any atom is 0.256 e. The molecule has 1 aromatic heterocycles. The van der Waals surface area contributed by atoms with E-state index < -0.39 is 5.60 Å². The lowest BCUT2D eigenvalue weighted by molar-refractivity contribution is -0.132. The summed E-state index contributed by atoms with van der Waals surface area (Å²) in [6.07, 6.45) is 3.50. The summed E-state index contributed by atoms with van der Waals surface area (Å²) >= 11 is 0. The third-order valence-corrected chi connectivity index (χ3v) is 6.78. The number of rotatable bonds is 7. The molecule has 0 spiro atoms. The summed E-state index contributed by atoms with van der Waals surface area (Å²) in [7, 11) is 0. The van der Waals surface area contributed by atoms with Crippen LogP contribution in [-0.4, -0.2) is 51.4 Å². The zero-order chi connectivity index (χ0) is 24.3. The Bertz CT molecular complexity index is 1090. The molecule has 1 saturated heterocycles. The lowest BCUT2D eigenvalue weighted by Gasteiger charge is -2.31. The van der Waals surface area contributed by atoms with Crippen molar-refractivity contribution in [1.29, 1.82) is 0 Å². The number of aromatic amines is 1. The van der Waals surface area contributed by atoms with Gasteiger partial charge in [0, 0.05) is 43.8 Å².